The fourth-order valence-electron chi connectivity index (χ4n) is 8.15. The summed E-state index contributed by atoms with van der Waals surface area (Å²) in [5.41, 5.74) is 4.34. The number of ether oxygens (including phenoxy) is 2. The lowest BCUT2D eigenvalue weighted by atomic mass is 9.68. The Morgan fingerprint density at radius 1 is 1.18 bits per heavy atom. The highest BCUT2D eigenvalue weighted by atomic mass is 35.5. The Balaban J connectivity index is 1.24. The molecule has 9 nitrogen and oxygen atoms in total. The molecule has 2 aromatic carbocycles. The molecule has 11 heteroatoms. The quantitative estimate of drug-likeness (QED) is 0.287. The molecular formula is C39H45ClN4O5S. The zero-order valence-corrected chi connectivity index (χ0v) is 30.1. The first-order valence-electron chi connectivity index (χ1n) is 17.7. The summed E-state index contributed by atoms with van der Waals surface area (Å²) in [5.74, 6) is 0.482. The normalized spacial score (nSPS) is 28.6. The molecular weight excluding hydrogens is 672 g/mol. The predicted octanol–water partition coefficient (Wildman–Crippen LogP) is 6.87. The van der Waals surface area contributed by atoms with Gasteiger partial charge < -0.3 is 14.4 Å². The Morgan fingerprint density at radius 3 is 2.88 bits per heavy atom. The number of rotatable bonds is 5. The standard InChI is InChI=1S/C39H45ClN4O5S/c1-48-35-9-3-2-4-20-50(47,42-37(45)17-10-27-7-6-19-41-23-27)43-38(46)29-12-16-36-34(22-29)44(24-30-11-14-32(30)35)25-39(26-49-36)18-5-8-28-21-31(40)13-15-33(28)39/h3,6-7,9,12-13,15-16,19,21-23,30,32,35H,2,4-5,8,10-11,14,17-18,20,24-26H2,1H3,(H,42,43,45,46,47)/b9-3+/t30-,32+,35-,39-,50+/m0/s1. The maximum absolute atomic E-state index is 14.2. The van der Waals surface area contributed by atoms with Crippen LogP contribution in [0.2, 0.25) is 5.02 Å². The van der Waals surface area contributed by atoms with E-state index in [1.165, 1.54) is 11.1 Å². The molecule has 264 valence electrons. The van der Waals surface area contributed by atoms with Crippen molar-refractivity contribution in [1.29, 1.82) is 0 Å². The molecule has 2 aliphatic heterocycles. The minimum Gasteiger partial charge on any atom is -0.490 e. The minimum absolute atomic E-state index is 0.0370. The Bertz CT molecular complexity index is 1890. The van der Waals surface area contributed by atoms with Crippen molar-refractivity contribution >= 4 is 39.0 Å². The second-order valence-electron chi connectivity index (χ2n) is 14.2. The van der Waals surface area contributed by atoms with Crippen molar-refractivity contribution in [3.63, 3.8) is 0 Å². The molecule has 0 unspecified atom stereocenters. The highest BCUT2D eigenvalue weighted by molar-refractivity contribution is 7.92. The number of anilines is 1. The minimum atomic E-state index is -3.41. The molecule has 4 aliphatic rings. The van der Waals surface area contributed by atoms with Crippen molar-refractivity contribution < 1.29 is 23.3 Å². The Kier molecular flexibility index (Phi) is 10.3. The average Bonchev–Trinajstić information content (AvgIpc) is 3.25. The first-order valence-corrected chi connectivity index (χ1v) is 19.8. The molecule has 1 saturated carbocycles. The predicted molar refractivity (Wildman–Crippen MR) is 196 cm³/mol. The van der Waals surface area contributed by atoms with Crippen molar-refractivity contribution in [1.82, 2.24) is 9.71 Å². The lowest BCUT2D eigenvalue weighted by molar-refractivity contribution is -0.119. The molecule has 1 fully saturated rings. The van der Waals surface area contributed by atoms with E-state index in [4.69, 9.17) is 21.1 Å². The number of carbonyl (C=O) groups is 2. The van der Waals surface area contributed by atoms with E-state index in [2.05, 4.69) is 43.3 Å². The van der Waals surface area contributed by atoms with Crippen LogP contribution in [0.4, 0.5) is 5.69 Å². The summed E-state index contributed by atoms with van der Waals surface area (Å²) in [6.45, 7) is 2.03. The van der Waals surface area contributed by atoms with Crippen LogP contribution in [-0.2, 0) is 37.7 Å². The molecule has 0 radical (unpaired) electrons. The number of halogens is 1. The maximum Gasteiger partial charge on any atom is 0.286 e. The van der Waals surface area contributed by atoms with Crippen LogP contribution < -0.4 is 14.4 Å². The second-order valence-corrected chi connectivity index (χ2v) is 16.7. The van der Waals surface area contributed by atoms with E-state index in [1.807, 2.05) is 30.3 Å². The number of methoxy groups -OCH3 is 1. The topological polar surface area (TPSA) is 110 Å². The van der Waals surface area contributed by atoms with Crippen LogP contribution in [0.15, 0.2) is 77.4 Å². The van der Waals surface area contributed by atoms with Gasteiger partial charge in [-0.25, -0.2) is 4.21 Å². The number of aromatic nitrogens is 1. The van der Waals surface area contributed by atoms with Gasteiger partial charge in [-0.05, 0) is 116 Å². The first kappa shape index (κ1) is 34.7. The van der Waals surface area contributed by atoms with Crippen molar-refractivity contribution in [2.24, 2.45) is 16.2 Å². The summed E-state index contributed by atoms with van der Waals surface area (Å²) in [4.78, 5) is 33.4. The van der Waals surface area contributed by atoms with E-state index in [-0.39, 0.29) is 23.7 Å². The first-order chi connectivity index (χ1) is 24.2. The summed E-state index contributed by atoms with van der Waals surface area (Å²) >= 11 is 6.45. The molecule has 5 atom stereocenters. The van der Waals surface area contributed by atoms with Gasteiger partial charge in [0, 0.05) is 55.0 Å². The smallest absolute Gasteiger partial charge is 0.286 e. The molecule has 2 amide bonds. The molecule has 7 rings (SSSR count). The van der Waals surface area contributed by atoms with Crippen LogP contribution in [0.5, 0.6) is 5.75 Å². The van der Waals surface area contributed by atoms with Gasteiger partial charge in [0.1, 0.15) is 15.7 Å². The number of hydrogen-bond donors (Lipinski definition) is 1. The highest BCUT2D eigenvalue weighted by Gasteiger charge is 2.44. The molecule has 0 saturated heterocycles. The number of aryl methyl sites for hydroxylation is 2. The fourth-order valence-corrected chi connectivity index (χ4v) is 9.97. The van der Waals surface area contributed by atoms with E-state index in [1.54, 1.807) is 25.6 Å². The lowest BCUT2D eigenvalue weighted by Gasteiger charge is -2.46. The number of fused-ring (bicyclic) bond motifs is 4. The number of nitrogens with one attached hydrogen (secondary N) is 1. The molecule has 2 aliphatic carbocycles. The van der Waals surface area contributed by atoms with Crippen LogP contribution >= 0.6 is 11.6 Å². The summed E-state index contributed by atoms with van der Waals surface area (Å²) in [6, 6.07) is 15.3. The van der Waals surface area contributed by atoms with Crippen molar-refractivity contribution in [2.75, 3.05) is 37.5 Å². The lowest BCUT2D eigenvalue weighted by Crippen LogP contribution is -2.49. The van der Waals surface area contributed by atoms with Crippen molar-refractivity contribution in [3.05, 3.63) is 100 Å². The Morgan fingerprint density at radius 2 is 2.08 bits per heavy atom. The number of carbonyl (C=O) groups excluding carboxylic acids is 2. The number of hydrogen-bond acceptors (Lipinski definition) is 7. The number of amides is 2. The van der Waals surface area contributed by atoms with Gasteiger partial charge in [-0.2, -0.15) is 0 Å². The third-order valence-electron chi connectivity index (χ3n) is 10.9. The number of benzene rings is 2. The van der Waals surface area contributed by atoms with Crippen LogP contribution in [0.1, 0.15) is 72.0 Å². The zero-order valence-electron chi connectivity index (χ0n) is 28.5. The van der Waals surface area contributed by atoms with Gasteiger partial charge in [-0.1, -0.05) is 35.9 Å². The van der Waals surface area contributed by atoms with Gasteiger partial charge in [0.15, 0.2) is 0 Å². The number of allylic oxidation sites excluding steroid dienone is 1. The van der Waals surface area contributed by atoms with E-state index in [0.717, 1.165) is 61.5 Å². The zero-order chi connectivity index (χ0) is 34.7. The third kappa shape index (κ3) is 7.48. The summed E-state index contributed by atoms with van der Waals surface area (Å²) in [6.07, 6.45) is 14.4. The van der Waals surface area contributed by atoms with Gasteiger partial charge in [0.25, 0.3) is 5.91 Å². The summed E-state index contributed by atoms with van der Waals surface area (Å²) in [7, 11) is -1.64. The summed E-state index contributed by atoms with van der Waals surface area (Å²) < 4.78 is 33.8. The number of pyridine rings is 1. The summed E-state index contributed by atoms with van der Waals surface area (Å²) in [5, 5.41) is 0.743. The Labute approximate surface area is 300 Å². The molecule has 1 N–H and O–H groups in total. The van der Waals surface area contributed by atoms with E-state index in [9.17, 15) is 13.8 Å². The van der Waals surface area contributed by atoms with Crippen molar-refractivity contribution in [3.8, 4) is 5.75 Å². The maximum atomic E-state index is 14.2. The van der Waals surface area contributed by atoms with Crippen LogP contribution in [0, 0.1) is 11.8 Å². The molecule has 2 bridgehead atoms. The second kappa shape index (κ2) is 14.9. The average molecular weight is 717 g/mol. The van der Waals surface area contributed by atoms with Crippen LogP contribution in [0.3, 0.4) is 0 Å². The van der Waals surface area contributed by atoms with E-state index >= 15 is 0 Å². The molecule has 1 aromatic heterocycles. The van der Waals surface area contributed by atoms with Gasteiger partial charge in [-0.15, -0.1) is 4.36 Å². The fraction of sp³-hybridized carbons (Fsp3) is 0.462. The van der Waals surface area contributed by atoms with E-state index in [0.29, 0.717) is 49.0 Å². The molecule has 1 spiro atoms. The monoisotopic (exact) mass is 716 g/mol. The Hall–Kier alpha value is -3.73. The van der Waals surface area contributed by atoms with Crippen molar-refractivity contribution in [2.45, 2.75) is 69.3 Å². The van der Waals surface area contributed by atoms with Gasteiger partial charge in [-0.3, -0.25) is 19.3 Å². The van der Waals surface area contributed by atoms with Gasteiger partial charge >= 0.3 is 0 Å². The van der Waals surface area contributed by atoms with Gasteiger partial charge in [0.05, 0.1) is 24.2 Å². The molecule has 50 heavy (non-hydrogen) atoms. The largest absolute Gasteiger partial charge is 0.490 e. The SMILES string of the molecule is CO[C@H]1/C=C/CCC[S@@](=O)(NC(=O)CCc2cccnc2)=NC(=O)c2ccc3c(c2)N(C[C@@H]2CC[C@H]21)C[C@@]1(CCCc2cc(Cl)ccc21)CO3. The van der Waals surface area contributed by atoms with E-state index < -0.39 is 21.7 Å². The van der Waals surface area contributed by atoms with Gasteiger partial charge in [0.2, 0.25) is 5.91 Å². The van der Waals surface area contributed by atoms with Crippen LogP contribution in [-0.4, -0.2) is 59.7 Å². The van der Waals surface area contributed by atoms with Crippen LogP contribution in [0.25, 0.3) is 0 Å². The molecule has 3 heterocycles. The number of nitrogens with zero attached hydrogens (tertiary/aromatic N) is 3. The highest BCUT2D eigenvalue weighted by Crippen LogP contribution is 2.47. The molecule has 3 aromatic rings. The third-order valence-corrected chi connectivity index (χ3v) is 13.0.